The van der Waals surface area contributed by atoms with Crippen LogP contribution in [0.1, 0.15) is 16.7 Å². The zero-order valence-corrected chi connectivity index (χ0v) is 17.6. The molecule has 0 unspecified atom stereocenters. The molecule has 0 saturated carbocycles. The van der Waals surface area contributed by atoms with Crippen molar-refractivity contribution in [1.82, 2.24) is 4.98 Å². The summed E-state index contributed by atoms with van der Waals surface area (Å²) in [5, 5.41) is 0. The lowest BCUT2D eigenvalue weighted by Crippen LogP contribution is -1.94. The second kappa shape index (κ2) is 7.79. The van der Waals surface area contributed by atoms with Crippen LogP contribution >= 0.6 is 0 Å². The molecular formula is C31H21N. The third-order valence-electron chi connectivity index (χ3n) is 6.03. The largest absolute Gasteiger partial charge is 0.247 e. The van der Waals surface area contributed by atoms with Gasteiger partial charge in [-0.05, 0) is 40.0 Å². The summed E-state index contributed by atoms with van der Waals surface area (Å²) in [4.78, 5) is 5.20. The molecule has 32 heavy (non-hydrogen) atoms. The van der Waals surface area contributed by atoms with Gasteiger partial charge in [-0.25, -0.2) is 4.98 Å². The Balaban J connectivity index is 1.69. The predicted molar refractivity (Wildman–Crippen MR) is 134 cm³/mol. The lowest BCUT2D eigenvalue weighted by Gasteiger charge is -2.14. The van der Waals surface area contributed by atoms with Crippen molar-refractivity contribution in [2.24, 2.45) is 0 Å². The normalized spacial score (nSPS) is 13.1. The van der Waals surface area contributed by atoms with Crippen molar-refractivity contribution in [1.29, 1.82) is 0 Å². The molecular weight excluding hydrogens is 386 g/mol. The fourth-order valence-corrected chi connectivity index (χ4v) is 4.54. The lowest BCUT2D eigenvalue weighted by molar-refractivity contribution is 1.32. The number of benzene rings is 4. The molecule has 0 N–H and O–H groups in total. The van der Waals surface area contributed by atoms with Crippen LogP contribution in [-0.2, 0) is 0 Å². The molecule has 150 valence electrons. The van der Waals surface area contributed by atoms with Gasteiger partial charge in [-0.1, -0.05) is 115 Å². The van der Waals surface area contributed by atoms with Gasteiger partial charge in [-0.3, -0.25) is 0 Å². The summed E-state index contributed by atoms with van der Waals surface area (Å²) < 4.78 is 0. The van der Waals surface area contributed by atoms with Gasteiger partial charge < -0.3 is 0 Å². The fraction of sp³-hybridized carbons (Fsp3) is 0. The Morgan fingerprint density at radius 1 is 0.500 bits per heavy atom. The maximum atomic E-state index is 5.20. The summed E-state index contributed by atoms with van der Waals surface area (Å²) in [5.41, 5.74) is 11.7. The van der Waals surface area contributed by atoms with Crippen LogP contribution in [0.2, 0.25) is 0 Å². The van der Waals surface area contributed by atoms with E-state index in [0.29, 0.717) is 0 Å². The summed E-state index contributed by atoms with van der Waals surface area (Å²) in [5.74, 6) is 0. The monoisotopic (exact) mass is 407 g/mol. The summed E-state index contributed by atoms with van der Waals surface area (Å²) in [6.07, 6.45) is 2.29. The van der Waals surface area contributed by atoms with E-state index in [1.54, 1.807) is 0 Å². The van der Waals surface area contributed by atoms with Crippen molar-refractivity contribution in [3.63, 3.8) is 0 Å². The van der Waals surface area contributed by atoms with E-state index in [1.165, 1.54) is 39.0 Å². The van der Waals surface area contributed by atoms with E-state index < -0.39 is 0 Å². The molecule has 0 radical (unpaired) electrons. The van der Waals surface area contributed by atoms with Gasteiger partial charge in [0.05, 0.1) is 11.4 Å². The van der Waals surface area contributed by atoms with Crippen LogP contribution in [-0.4, -0.2) is 4.98 Å². The Hall–Kier alpha value is -4.23. The van der Waals surface area contributed by atoms with E-state index in [0.717, 1.165) is 17.0 Å². The molecule has 1 heteroatoms. The standard InChI is InChI=1S/C31H21N/c1-4-12-22(13-5-1)20-28-25-18-10-11-19-26(25)31-30(28)27(23-14-6-2-7-15-23)21-29(32-31)24-16-8-3-9-17-24/h1-21H. The number of hydrogen-bond acceptors (Lipinski definition) is 1. The van der Waals surface area contributed by atoms with Crippen molar-refractivity contribution >= 4 is 11.6 Å². The molecule has 4 aromatic carbocycles. The summed E-state index contributed by atoms with van der Waals surface area (Å²) >= 11 is 0. The first-order valence-electron chi connectivity index (χ1n) is 10.9. The van der Waals surface area contributed by atoms with Crippen LogP contribution in [0.5, 0.6) is 0 Å². The molecule has 0 fully saturated rings. The number of rotatable bonds is 3. The highest BCUT2D eigenvalue weighted by molar-refractivity contribution is 6.10. The van der Waals surface area contributed by atoms with Gasteiger partial charge in [0.25, 0.3) is 0 Å². The topological polar surface area (TPSA) is 12.9 Å². The Kier molecular flexibility index (Phi) is 4.51. The minimum Gasteiger partial charge on any atom is -0.247 e. The first-order chi connectivity index (χ1) is 15.9. The number of nitrogens with zero attached hydrogens (tertiary/aromatic N) is 1. The van der Waals surface area contributed by atoms with Gasteiger partial charge in [0, 0.05) is 16.7 Å². The van der Waals surface area contributed by atoms with Gasteiger partial charge in [0.1, 0.15) is 0 Å². The number of aromatic nitrogens is 1. The first kappa shape index (κ1) is 18.5. The predicted octanol–water partition coefficient (Wildman–Crippen LogP) is 7.98. The van der Waals surface area contributed by atoms with Crippen LogP contribution in [0.4, 0.5) is 0 Å². The van der Waals surface area contributed by atoms with E-state index in [2.05, 4.69) is 121 Å². The number of fused-ring (bicyclic) bond motifs is 3. The van der Waals surface area contributed by atoms with E-state index in [4.69, 9.17) is 4.98 Å². The van der Waals surface area contributed by atoms with Crippen molar-refractivity contribution in [2.45, 2.75) is 0 Å². The van der Waals surface area contributed by atoms with Crippen LogP contribution in [0.3, 0.4) is 0 Å². The van der Waals surface area contributed by atoms with Gasteiger partial charge in [-0.15, -0.1) is 0 Å². The smallest absolute Gasteiger partial charge is 0.0800 e. The molecule has 0 atom stereocenters. The third kappa shape index (κ3) is 3.16. The number of hydrogen-bond donors (Lipinski definition) is 0. The molecule has 1 aliphatic carbocycles. The molecule has 0 bridgehead atoms. The molecule has 6 rings (SSSR count). The van der Waals surface area contributed by atoms with Crippen LogP contribution in [0.25, 0.3) is 45.3 Å². The van der Waals surface area contributed by atoms with Crippen LogP contribution < -0.4 is 0 Å². The Morgan fingerprint density at radius 3 is 1.75 bits per heavy atom. The van der Waals surface area contributed by atoms with Crippen LogP contribution in [0.15, 0.2) is 121 Å². The van der Waals surface area contributed by atoms with Crippen molar-refractivity contribution in [3.05, 3.63) is 138 Å². The maximum absolute atomic E-state index is 5.20. The fourth-order valence-electron chi connectivity index (χ4n) is 4.54. The Morgan fingerprint density at radius 2 is 1.06 bits per heavy atom. The van der Waals surface area contributed by atoms with E-state index >= 15 is 0 Å². The minimum atomic E-state index is 0.999. The quantitative estimate of drug-likeness (QED) is 0.290. The van der Waals surface area contributed by atoms with Crippen molar-refractivity contribution in [3.8, 4) is 33.6 Å². The zero-order valence-electron chi connectivity index (χ0n) is 17.6. The second-order valence-corrected chi connectivity index (χ2v) is 8.02. The first-order valence-corrected chi connectivity index (χ1v) is 10.9. The lowest BCUT2D eigenvalue weighted by atomic mass is 9.92. The maximum Gasteiger partial charge on any atom is 0.0800 e. The molecule has 1 aliphatic rings. The summed E-state index contributed by atoms with van der Waals surface area (Å²) in [6, 6.07) is 42.5. The van der Waals surface area contributed by atoms with Crippen LogP contribution in [0, 0.1) is 0 Å². The molecule has 5 aromatic rings. The minimum absolute atomic E-state index is 0.999. The highest BCUT2D eigenvalue weighted by atomic mass is 14.7. The molecule has 0 aliphatic heterocycles. The van der Waals surface area contributed by atoms with Crippen molar-refractivity contribution < 1.29 is 0 Å². The van der Waals surface area contributed by atoms with Crippen molar-refractivity contribution in [2.75, 3.05) is 0 Å². The van der Waals surface area contributed by atoms with E-state index in [9.17, 15) is 0 Å². The molecule has 0 saturated heterocycles. The molecule has 0 amide bonds. The SMILES string of the molecule is C(=C1c2ccccc2-c2nc(-c3ccccc3)cc(-c3ccccc3)c21)c1ccccc1. The highest BCUT2D eigenvalue weighted by Gasteiger charge is 2.28. The molecule has 1 nitrogen and oxygen atoms in total. The van der Waals surface area contributed by atoms with Gasteiger partial charge in [-0.2, -0.15) is 0 Å². The van der Waals surface area contributed by atoms with Gasteiger partial charge in [0.2, 0.25) is 0 Å². The average molecular weight is 408 g/mol. The average Bonchev–Trinajstić information content (AvgIpc) is 3.19. The van der Waals surface area contributed by atoms with E-state index in [1.807, 2.05) is 6.07 Å². The third-order valence-corrected chi connectivity index (χ3v) is 6.03. The Bertz CT molecular complexity index is 1430. The summed E-state index contributed by atoms with van der Waals surface area (Å²) in [6.45, 7) is 0. The van der Waals surface area contributed by atoms with E-state index in [-0.39, 0.29) is 0 Å². The summed E-state index contributed by atoms with van der Waals surface area (Å²) in [7, 11) is 0. The Labute approximate surface area is 188 Å². The highest BCUT2D eigenvalue weighted by Crippen LogP contribution is 2.49. The molecule has 0 spiro atoms. The molecule has 1 aromatic heterocycles. The van der Waals surface area contributed by atoms with Gasteiger partial charge >= 0.3 is 0 Å². The molecule has 1 heterocycles. The zero-order chi connectivity index (χ0) is 21.3. The number of pyridine rings is 1. The second-order valence-electron chi connectivity index (χ2n) is 8.02. The van der Waals surface area contributed by atoms with Gasteiger partial charge in [0.15, 0.2) is 0 Å².